The van der Waals surface area contributed by atoms with E-state index in [0.717, 1.165) is 6.42 Å². The number of rotatable bonds is 5. The van der Waals surface area contributed by atoms with E-state index in [2.05, 4.69) is 0 Å². The topological polar surface area (TPSA) is 84.0 Å². The molecule has 1 atom stereocenters. The second-order valence-corrected chi connectivity index (χ2v) is 4.09. The lowest BCUT2D eigenvalue weighted by Crippen LogP contribution is -2.13. The number of ketones is 1. The summed E-state index contributed by atoms with van der Waals surface area (Å²) in [6.07, 6.45) is 1.25. The lowest BCUT2D eigenvalue weighted by atomic mass is 9.94. The number of carbonyl (C=O) groups is 1. The number of hydrogen-bond acceptors (Lipinski definition) is 4. The lowest BCUT2D eigenvalue weighted by molar-refractivity contribution is -0.385. The molecule has 1 unspecified atom stereocenters. The fourth-order valence-corrected chi connectivity index (χ4v) is 1.76. The van der Waals surface area contributed by atoms with Gasteiger partial charge in [-0.2, -0.15) is 5.26 Å². The van der Waals surface area contributed by atoms with Gasteiger partial charge in [0.2, 0.25) is 0 Å². The maximum absolute atomic E-state index is 12.0. The molecule has 0 spiro atoms. The molecule has 5 heteroatoms. The quantitative estimate of drug-likeness (QED) is 0.454. The molecule has 0 fully saturated rings. The molecule has 18 heavy (non-hydrogen) atoms. The average molecular weight is 246 g/mol. The summed E-state index contributed by atoms with van der Waals surface area (Å²) in [5, 5.41) is 19.6. The Morgan fingerprint density at radius 2 is 2.22 bits per heavy atom. The Balaban J connectivity index is 3.05. The van der Waals surface area contributed by atoms with Crippen molar-refractivity contribution in [3.8, 4) is 6.07 Å². The van der Waals surface area contributed by atoms with E-state index in [-0.39, 0.29) is 11.5 Å². The van der Waals surface area contributed by atoms with E-state index in [1.165, 1.54) is 18.2 Å². The van der Waals surface area contributed by atoms with Gasteiger partial charge in [-0.25, -0.2) is 0 Å². The first-order valence-corrected chi connectivity index (χ1v) is 5.70. The molecule has 0 amide bonds. The zero-order valence-corrected chi connectivity index (χ0v) is 10.3. The molecule has 1 aromatic rings. The summed E-state index contributed by atoms with van der Waals surface area (Å²) in [5.41, 5.74) is 0.771. The zero-order valence-electron chi connectivity index (χ0n) is 10.3. The standard InChI is InChI=1S/C13H14N2O3/c1-3-4-11(8-14)13(16)10-5-6-12(15(17)18)9(2)7-10/h5-7,11H,3-4H2,1-2H3. The highest BCUT2D eigenvalue weighted by Gasteiger charge is 2.20. The third-order valence-electron chi connectivity index (χ3n) is 2.73. The summed E-state index contributed by atoms with van der Waals surface area (Å²) in [5.74, 6) is -0.937. The third-order valence-corrected chi connectivity index (χ3v) is 2.73. The number of nitrogens with zero attached hydrogens (tertiary/aromatic N) is 2. The second-order valence-electron chi connectivity index (χ2n) is 4.09. The smallest absolute Gasteiger partial charge is 0.272 e. The van der Waals surface area contributed by atoms with Crippen LogP contribution in [0.25, 0.3) is 0 Å². The van der Waals surface area contributed by atoms with Crippen LogP contribution in [0.3, 0.4) is 0 Å². The van der Waals surface area contributed by atoms with Gasteiger partial charge in [0.15, 0.2) is 5.78 Å². The van der Waals surface area contributed by atoms with Crippen molar-refractivity contribution in [1.29, 1.82) is 5.26 Å². The summed E-state index contributed by atoms with van der Waals surface area (Å²) in [6.45, 7) is 3.48. The van der Waals surface area contributed by atoms with Crippen molar-refractivity contribution >= 4 is 11.5 Å². The minimum absolute atomic E-state index is 0.0180. The Labute approximate surface area is 105 Å². The van der Waals surface area contributed by atoms with E-state index in [0.29, 0.717) is 17.5 Å². The Morgan fingerprint density at radius 3 is 2.67 bits per heavy atom. The van der Waals surface area contributed by atoms with E-state index in [9.17, 15) is 14.9 Å². The first-order chi connectivity index (χ1) is 8.51. The number of nitro benzene ring substituents is 1. The molecule has 1 aromatic carbocycles. The van der Waals surface area contributed by atoms with Gasteiger partial charge >= 0.3 is 0 Å². The normalized spacial score (nSPS) is 11.6. The molecule has 0 heterocycles. The minimum Gasteiger partial charge on any atom is -0.293 e. The number of Topliss-reactive ketones (excluding diaryl/α,β-unsaturated/α-hetero) is 1. The monoisotopic (exact) mass is 246 g/mol. The van der Waals surface area contributed by atoms with Crippen molar-refractivity contribution < 1.29 is 9.72 Å². The molecule has 0 bridgehead atoms. The predicted molar refractivity (Wildman–Crippen MR) is 66.2 cm³/mol. The average Bonchev–Trinajstić information content (AvgIpc) is 2.34. The highest BCUT2D eigenvalue weighted by atomic mass is 16.6. The molecule has 0 aliphatic carbocycles. The Bertz CT molecular complexity index is 517. The molecule has 0 aliphatic heterocycles. The Hall–Kier alpha value is -2.22. The lowest BCUT2D eigenvalue weighted by Gasteiger charge is -2.07. The van der Waals surface area contributed by atoms with Crippen LogP contribution >= 0.6 is 0 Å². The molecule has 0 saturated carbocycles. The molecular formula is C13H14N2O3. The molecular weight excluding hydrogens is 232 g/mol. The van der Waals surface area contributed by atoms with Crippen LogP contribution in [-0.4, -0.2) is 10.7 Å². The minimum atomic E-state index is -0.671. The van der Waals surface area contributed by atoms with Crippen LogP contribution in [0.1, 0.15) is 35.7 Å². The van der Waals surface area contributed by atoms with Gasteiger partial charge < -0.3 is 0 Å². The number of benzene rings is 1. The molecule has 1 rings (SSSR count). The van der Waals surface area contributed by atoms with E-state index >= 15 is 0 Å². The summed E-state index contributed by atoms with van der Waals surface area (Å²) in [4.78, 5) is 22.2. The third kappa shape index (κ3) is 2.92. The van der Waals surface area contributed by atoms with Crippen molar-refractivity contribution in [3.05, 3.63) is 39.4 Å². The van der Waals surface area contributed by atoms with Gasteiger partial charge in [0.1, 0.15) is 5.92 Å². The fraction of sp³-hybridized carbons (Fsp3) is 0.385. The van der Waals surface area contributed by atoms with Gasteiger partial charge in [-0.05, 0) is 25.5 Å². The Kier molecular flexibility index (Phi) is 4.55. The van der Waals surface area contributed by atoms with Crippen LogP contribution in [-0.2, 0) is 0 Å². The SMILES string of the molecule is CCCC(C#N)C(=O)c1ccc([N+](=O)[O-])c(C)c1. The van der Waals surface area contributed by atoms with Crippen molar-refractivity contribution in [2.24, 2.45) is 5.92 Å². The zero-order chi connectivity index (χ0) is 13.7. The van der Waals surface area contributed by atoms with Crippen molar-refractivity contribution in [3.63, 3.8) is 0 Å². The maximum atomic E-state index is 12.0. The maximum Gasteiger partial charge on any atom is 0.272 e. The van der Waals surface area contributed by atoms with Crippen LogP contribution < -0.4 is 0 Å². The van der Waals surface area contributed by atoms with Gasteiger partial charge in [0.05, 0.1) is 11.0 Å². The summed E-state index contributed by atoms with van der Waals surface area (Å²) in [7, 11) is 0. The number of hydrogen-bond donors (Lipinski definition) is 0. The fourth-order valence-electron chi connectivity index (χ4n) is 1.76. The predicted octanol–water partition coefficient (Wildman–Crippen LogP) is 3.03. The van der Waals surface area contributed by atoms with E-state index < -0.39 is 10.8 Å². The van der Waals surface area contributed by atoms with Gasteiger partial charge in [-0.15, -0.1) is 0 Å². The van der Waals surface area contributed by atoms with Gasteiger partial charge in [-0.1, -0.05) is 13.3 Å². The van der Waals surface area contributed by atoms with Crippen LogP contribution in [0, 0.1) is 34.3 Å². The van der Waals surface area contributed by atoms with Crippen molar-refractivity contribution in [1.82, 2.24) is 0 Å². The largest absolute Gasteiger partial charge is 0.293 e. The molecule has 0 aliphatic rings. The number of nitriles is 1. The van der Waals surface area contributed by atoms with Crippen LogP contribution in [0.4, 0.5) is 5.69 Å². The van der Waals surface area contributed by atoms with E-state index in [1.54, 1.807) is 6.92 Å². The number of aryl methyl sites for hydroxylation is 1. The summed E-state index contributed by atoms with van der Waals surface area (Å²) in [6, 6.07) is 6.17. The van der Waals surface area contributed by atoms with Crippen molar-refractivity contribution in [2.45, 2.75) is 26.7 Å². The summed E-state index contributed by atoms with van der Waals surface area (Å²) >= 11 is 0. The number of nitro groups is 1. The first-order valence-electron chi connectivity index (χ1n) is 5.70. The Morgan fingerprint density at radius 1 is 1.56 bits per heavy atom. The molecule has 5 nitrogen and oxygen atoms in total. The molecule has 0 radical (unpaired) electrons. The highest BCUT2D eigenvalue weighted by Crippen LogP contribution is 2.21. The van der Waals surface area contributed by atoms with Crippen LogP contribution in [0.15, 0.2) is 18.2 Å². The van der Waals surface area contributed by atoms with Crippen LogP contribution in [0.2, 0.25) is 0 Å². The van der Waals surface area contributed by atoms with Gasteiger partial charge in [-0.3, -0.25) is 14.9 Å². The molecule has 94 valence electrons. The number of carbonyl (C=O) groups excluding carboxylic acids is 1. The first kappa shape index (κ1) is 13.8. The highest BCUT2D eigenvalue weighted by molar-refractivity contribution is 5.99. The van der Waals surface area contributed by atoms with Crippen LogP contribution in [0.5, 0.6) is 0 Å². The second kappa shape index (κ2) is 5.92. The molecule has 0 aromatic heterocycles. The van der Waals surface area contributed by atoms with E-state index in [4.69, 9.17) is 5.26 Å². The van der Waals surface area contributed by atoms with Gasteiger partial charge in [0.25, 0.3) is 5.69 Å². The molecule has 0 saturated heterocycles. The summed E-state index contributed by atoms with van der Waals surface area (Å²) < 4.78 is 0. The molecule has 0 N–H and O–H groups in total. The van der Waals surface area contributed by atoms with E-state index in [1.807, 2.05) is 13.0 Å². The van der Waals surface area contributed by atoms with Crippen molar-refractivity contribution in [2.75, 3.05) is 0 Å². The van der Waals surface area contributed by atoms with Gasteiger partial charge in [0, 0.05) is 17.2 Å².